The molecule has 2 nitrogen and oxygen atoms in total. The molecule has 0 amide bonds. The van der Waals surface area contributed by atoms with Gasteiger partial charge >= 0.3 is 0 Å². The molecule has 3 rings (SSSR count). The Balaban J connectivity index is 1.76. The zero-order valence-corrected chi connectivity index (χ0v) is 12.4. The van der Waals surface area contributed by atoms with Crippen molar-refractivity contribution in [3.05, 3.63) is 82.4 Å². The molecule has 0 aliphatic rings. The standard InChI is InChI=1S/C18H12FNOS/c19-15-8-4-7-14(11-15)17(21)9-10-18-20-16(12-22-18)13-5-2-1-3-6-13/h1-12H. The second-order valence-electron chi connectivity index (χ2n) is 4.64. The van der Waals surface area contributed by atoms with E-state index in [1.54, 1.807) is 12.1 Å². The van der Waals surface area contributed by atoms with Crippen molar-refractivity contribution in [2.75, 3.05) is 0 Å². The third-order valence-corrected chi connectivity index (χ3v) is 3.89. The molecule has 0 N–H and O–H groups in total. The van der Waals surface area contributed by atoms with E-state index in [1.807, 2.05) is 35.7 Å². The lowest BCUT2D eigenvalue weighted by molar-refractivity contribution is 0.104. The fourth-order valence-corrected chi connectivity index (χ4v) is 2.71. The molecule has 4 heteroatoms. The summed E-state index contributed by atoms with van der Waals surface area (Å²) in [6.45, 7) is 0. The maximum atomic E-state index is 13.1. The fraction of sp³-hybridized carbons (Fsp3) is 0. The number of allylic oxidation sites excluding steroid dienone is 1. The summed E-state index contributed by atoms with van der Waals surface area (Å²) >= 11 is 1.46. The Labute approximate surface area is 131 Å². The Bertz CT molecular complexity index is 824. The molecule has 0 saturated heterocycles. The quantitative estimate of drug-likeness (QED) is 0.509. The van der Waals surface area contributed by atoms with Crippen molar-refractivity contribution in [2.45, 2.75) is 0 Å². The van der Waals surface area contributed by atoms with Gasteiger partial charge in [-0.05, 0) is 24.3 Å². The molecule has 0 saturated carbocycles. The zero-order chi connectivity index (χ0) is 15.4. The van der Waals surface area contributed by atoms with Crippen LogP contribution >= 0.6 is 11.3 Å². The van der Waals surface area contributed by atoms with Crippen LogP contribution in [0.15, 0.2) is 66.1 Å². The summed E-state index contributed by atoms with van der Waals surface area (Å²) in [7, 11) is 0. The maximum Gasteiger partial charge on any atom is 0.186 e. The van der Waals surface area contributed by atoms with Crippen molar-refractivity contribution in [1.82, 2.24) is 4.98 Å². The molecular formula is C18H12FNOS. The minimum atomic E-state index is -0.417. The molecule has 0 spiro atoms. The van der Waals surface area contributed by atoms with Gasteiger partial charge < -0.3 is 0 Å². The molecule has 0 atom stereocenters. The number of nitrogens with zero attached hydrogens (tertiary/aromatic N) is 1. The van der Waals surface area contributed by atoms with Gasteiger partial charge in [0.1, 0.15) is 10.8 Å². The first-order chi connectivity index (χ1) is 10.7. The third kappa shape index (κ3) is 3.35. The lowest BCUT2D eigenvalue weighted by Crippen LogP contribution is -1.94. The minimum absolute atomic E-state index is 0.240. The van der Waals surface area contributed by atoms with E-state index in [2.05, 4.69) is 4.98 Å². The molecule has 1 aromatic heterocycles. The van der Waals surface area contributed by atoms with E-state index in [0.29, 0.717) is 5.56 Å². The topological polar surface area (TPSA) is 30.0 Å². The molecule has 0 aliphatic heterocycles. The van der Waals surface area contributed by atoms with Crippen LogP contribution in [0.4, 0.5) is 4.39 Å². The van der Waals surface area contributed by atoms with Crippen molar-refractivity contribution in [3.63, 3.8) is 0 Å². The van der Waals surface area contributed by atoms with E-state index >= 15 is 0 Å². The highest BCUT2D eigenvalue weighted by molar-refractivity contribution is 7.10. The summed E-state index contributed by atoms with van der Waals surface area (Å²) in [6.07, 6.45) is 3.08. The number of carbonyl (C=O) groups excluding carboxylic acids is 1. The van der Waals surface area contributed by atoms with Gasteiger partial charge in [0.25, 0.3) is 0 Å². The van der Waals surface area contributed by atoms with Gasteiger partial charge in [-0.25, -0.2) is 9.37 Å². The smallest absolute Gasteiger partial charge is 0.186 e. The van der Waals surface area contributed by atoms with Gasteiger partial charge in [0.05, 0.1) is 5.69 Å². The predicted octanol–water partition coefficient (Wildman–Crippen LogP) is 4.85. The van der Waals surface area contributed by atoms with Crippen LogP contribution in [-0.4, -0.2) is 10.8 Å². The highest BCUT2D eigenvalue weighted by Crippen LogP contribution is 2.22. The number of aromatic nitrogens is 1. The Morgan fingerprint density at radius 1 is 1.09 bits per heavy atom. The first-order valence-corrected chi connectivity index (χ1v) is 7.59. The summed E-state index contributed by atoms with van der Waals surface area (Å²) < 4.78 is 13.1. The van der Waals surface area contributed by atoms with E-state index in [0.717, 1.165) is 16.3 Å². The molecule has 0 bridgehead atoms. The number of hydrogen-bond donors (Lipinski definition) is 0. The second kappa shape index (κ2) is 6.45. The van der Waals surface area contributed by atoms with Gasteiger partial charge in [0.2, 0.25) is 0 Å². The van der Waals surface area contributed by atoms with Crippen LogP contribution in [0.2, 0.25) is 0 Å². The average Bonchev–Trinajstić information content (AvgIpc) is 3.02. The summed E-state index contributed by atoms with van der Waals surface area (Å²) in [5, 5.41) is 2.69. The molecular weight excluding hydrogens is 297 g/mol. The third-order valence-electron chi connectivity index (χ3n) is 3.08. The highest BCUT2D eigenvalue weighted by Gasteiger charge is 2.05. The maximum absolute atomic E-state index is 13.1. The lowest BCUT2D eigenvalue weighted by Gasteiger charge is -1.95. The Hall–Kier alpha value is -2.59. The van der Waals surface area contributed by atoms with Gasteiger partial charge in [-0.15, -0.1) is 11.3 Å². The molecule has 2 aromatic carbocycles. The fourth-order valence-electron chi connectivity index (χ4n) is 1.99. The second-order valence-corrected chi connectivity index (χ2v) is 5.53. The molecule has 0 fully saturated rings. The number of rotatable bonds is 4. The van der Waals surface area contributed by atoms with Crippen LogP contribution in [0.5, 0.6) is 0 Å². The van der Waals surface area contributed by atoms with Crippen molar-refractivity contribution in [2.24, 2.45) is 0 Å². The average molecular weight is 309 g/mol. The van der Waals surface area contributed by atoms with Crippen LogP contribution in [-0.2, 0) is 0 Å². The van der Waals surface area contributed by atoms with Crippen LogP contribution in [0.25, 0.3) is 17.3 Å². The van der Waals surface area contributed by atoms with Crippen molar-refractivity contribution in [3.8, 4) is 11.3 Å². The van der Waals surface area contributed by atoms with Crippen molar-refractivity contribution in [1.29, 1.82) is 0 Å². The van der Waals surface area contributed by atoms with E-state index < -0.39 is 5.82 Å². The number of benzene rings is 2. The van der Waals surface area contributed by atoms with E-state index in [-0.39, 0.29) is 5.78 Å². The van der Waals surface area contributed by atoms with E-state index in [4.69, 9.17) is 0 Å². The van der Waals surface area contributed by atoms with Crippen LogP contribution in [0.3, 0.4) is 0 Å². The normalized spacial score (nSPS) is 11.0. The van der Waals surface area contributed by atoms with Crippen molar-refractivity contribution < 1.29 is 9.18 Å². The monoisotopic (exact) mass is 309 g/mol. The Morgan fingerprint density at radius 3 is 2.68 bits per heavy atom. The van der Waals surface area contributed by atoms with Crippen molar-refractivity contribution >= 4 is 23.2 Å². The molecule has 108 valence electrons. The minimum Gasteiger partial charge on any atom is -0.289 e. The molecule has 0 unspecified atom stereocenters. The number of carbonyl (C=O) groups is 1. The Morgan fingerprint density at radius 2 is 1.91 bits per heavy atom. The molecule has 1 heterocycles. The molecule has 0 aliphatic carbocycles. The summed E-state index contributed by atoms with van der Waals surface area (Å²) in [5.41, 5.74) is 2.24. The summed E-state index contributed by atoms with van der Waals surface area (Å²) in [6, 6.07) is 15.5. The largest absolute Gasteiger partial charge is 0.289 e. The van der Waals surface area contributed by atoms with E-state index in [1.165, 1.54) is 35.6 Å². The van der Waals surface area contributed by atoms with Gasteiger partial charge in [0.15, 0.2) is 5.78 Å². The number of thiazole rings is 1. The van der Waals surface area contributed by atoms with Crippen LogP contribution in [0.1, 0.15) is 15.4 Å². The van der Waals surface area contributed by atoms with Crippen LogP contribution < -0.4 is 0 Å². The molecule has 3 aromatic rings. The summed E-state index contributed by atoms with van der Waals surface area (Å²) in [5.74, 6) is -0.657. The van der Waals surface area contributed by atoms with Crippen LogP contribution in [0, 0.1) is 5.82 Å². The number of ketones is 1. The van der Waals surface area contributed by atoms with Gasteiger partial charge in [-0.3, -0.25) is 4.79 Å². The van der Waals surface area contributed by atoms with Gasteiger partial charge in [-0.1, -0.05) is 42.5 Å². The highest BCUT2D eigenvalue weighted by atomic mass is 32.1. The Kier molecular flexibility index (Phi) is 4.21. The van der Waals surface area contributed by atoms with E-state index in [9.17, 15) is 9.18 Å². The molecule has 22 heavy (non-hydrogen) atoms. The first kappa shape index (κ1) is 14.4. The number of hydrogen-bond acceptors (Lipinski definition) is 3. The zero-order valence-electron chi connectivity index (χ0n) is 11.6. The lowest BCUT2D eigenvalue weighted by atomic mass is 10.1. The van der Waals surface area contributed by atoms with Gasteiger partial charge in [-0.2, -0.15) is 0 Å². The molecule has 0 radical (unpaired) electrons. The first-order valence-electron chi connectivity index (χ1n) is 6.71. The summed E-state index contributed by atoms with van der Waals surface area (Å²) in [4.78, 5) is 16.4. The predicted molar refractivity (Wildman–Crippen MR) is 87.3 cm³/mol. The SMILES string of the molecule is O=C(C=Cc1nc(-c2ccccc2)cs1)c1cccc(F)c1. The van der Waals surface area contributed by atoms with Gasteiger partial charge in [0, 0.05) is 16.5 Å². The number of halogens is 1.